The Morgan fingerprint density at radius 3 is 2.50 bits per heavy atom. The number of ether oxygens (including phenoxy) is 1. The van der Waals surface area contributed by atoms with Crippen LogP contribution in [0.15, 0.2) is 48.5 Å². The Kier molecular flexibility index (Phi) is 8.09. The van der Waals surface area contributed by atoms with Gasteiger partial charge in [-0.2, -0.15) is 0 Å². The predicted molar refractivity (Wildman–Crippen MR) is 115 cm³/mol. The Morgan fingerprint density at radius 2 is 1.89 bits per heavy atom. The molecule has 2 aromatic rings. The lowest BCUT2D eigenvalue weighted by Gasteiger charge is -2.19. The van der Waals surface area contributed by atoms with E-state index in [1.165, 1.54) is 5.56 Å². The predicted octanol–water partition coefficient (Wildman–Crippen LogP) is 5.29. The van der Waals surface area contributed by atoms with E-state index in [2.05, 4.69) is 50.4 Å². The van der Waals surface area contributed by atoms with Gasteiger partial charge in [-0.3, -0.25) is 4.79 Å². The monoisotopic (exact) mass is 401 g/mol. The average Bonchev–Trinajstić information content (AvgIpc) is 2.63. The molecule has 0 aliphatic rings. The van der Waals surface area contributed by atoms with Gasteiger partial charge in [0, 0.05) is 13.1 Å². The molecule has 0 atom stereocenters. The number of benzene rings is 2. The Morgan fingerprint density at radius 1 is 1.18 bits per heavy atom. The molecule has 5 heteroatoms. The molecule has 2 aromatic carbocycles. The van der Waals surface area contributed by atoms with Gasteiger partial charge in [-0.1, -0.05) is 68.8 Å². The van der Waals surface area contributed by atoms with Crippen molar-refractivity contribution in [2.45, 2.75) is 39.2 Å². The highest BCUT2D eigenvalue weighted by Gasteiger charge is 2.12. The minimum atomic E-state index is -0.805. The van der Waals surface area contributed by atoms with E-state index in [4.69, 9.17) is 21.4 Å². The minimum absolute atomic E-state index is 0.111. The molecule has 0 saturated heterocycles. The first-order valence-electron chi connectivity index (χ1n) is 9.36. The maximum absolute atomic E-state index is 10.4. The normalized spacial score (nSPS) is 11.7. The van der Waals surface area contributed by atoms with Gasteiger partial charge in [0.2, 0.25) is 0 Å². The van der Waals surface area contributed by atoms with Gasteiger partial charge in [-0.05, 0) is 40.3 Å². The number of hydrogen-bond donors (Lipinski definition) is 2. The van der Waals surface area contributed by atoms with Crippen LogP contribution in [0.3, 0.4) is 0 Å². The van der Waals surface area contributed by atoms with E-state index in [1.807, 2.05) is 30.4 Å². The van der Waals surface area contributed by atoms with E-state index in [0.717, 1.165) is 16.9 Å². The van der Waals surface area contributed by atoms with E-state index in [1.54, 1.807) is 0 Å². The third kappa shape index (κ3) is 7.37. The molecule has 150 valence electrons. The summed E-state index contributed by atoms with van der Waals surface area (Å²) in [5, 5.41) is 12.2. The van der Waals surface area contributed by atoms with Crippen LogP contribution in [0, 0.1) is 0 Å². The van der Waals surface area contributed by atoms with Crippen LogP contribution in [0.5, 0.6) is 5.75 Å². The molecule has 0 bridgehead atoms. The molecule has 4 nitrogen and oxygen atoms in total. The summed E-state index contributed by atoms with van der Waals surface area (Å²) in [7, 11) is 0. The van der Waals surface area contributed by atoms with Crippen LogP contribution >= 0.6 is 11.6 Å². The summed E-state index contributed by atoms with van der Waals surface area (Å²) in [5.74, 6) is -0.0816. The lowest BCUT2D eigenvalue weighted by atomic mass is 9.87. The van der Waals surface area contributed by atoms with Crippen molar-refractivity contribution in [1.29, 1.82) is 0 Å². The Labute approximate surface area is 172 Å². The number of carboxylic acids is 1. The Hall–Kier alpha value is -2.30. The fourth-order valence-corrected chi connectivity index (χ4v) is 2.80. The summed E-state index contributed by atoms with van der Waals surface area (Å²) in [6.07, 6.45) is 3.94. The molecular formula is C23H28ClNO3. The summed E-state index contributed by atoms with van der Waals surface area (Å²) in [6.45, 7) is 8.11. The third-order valence-electron chi connectivity index (χ3n) is 4.27. The zero-order chi connectivity index (χ0) is 20.6. The van der Waals surface area contributed by atoms with E-state index in [0.29, 0.717) is 24.7 Å². The molecule has 0 aliphatic heterocycles. The van der Waals surface area contributed by atoms with Gasteiger partial charge in [0.25, 0.3) is 0 Å². The fourth-order valence-electron chi connectivity index (χ4n) is 2.57. The number of hydrogen-bond acceptors (Lipinski definition) is 3. The maximum atomic E-state index is 10.4. The van der Waals surface area contributed by atoms with Crippen molar-refractivity contribution in [1.82, 2.24) is 5.32 Å². The van der Waals surface area contributed by atoms with Crippen LogP contribution in [0.2, 0.25) is 5.02 Å². The van der Waals surface area contributed by atoms with Crippen molar-refractivity contribution in [2.75, 3.05) is 13.1 Å². The largest absolute Gasteiger partial charge is 0.489 e. The lowest BCUT2D eigenvalue weighted by molar-refractivity contribution is -0.136. The Bertz CT molecular complexity index is 808. The van der Waals surface area contributed by atoms with Crippen LogP contribution in [0.1, 0.15) is 43.9 Å². The number of aliphatic carboxylic acids is 1. The third-order valence-corrected chi connectivity index (χ3v) is 4.60. The first kappa shape index (κ1) is 22.0. The van der Waals surface area contributed by atoms with Crippen molar-refractivity contribution in [2.24, 2.45) is 0 Å². The summed E-state index contributed by atoms with van der Waals surface area (Å²) < 4.78 is 5.86. The molecule has 0 fully saturated rings. The number of rotatable bonds is 9. The van der Waals surface area contributed by atoms with Gasteiger partial charge in [0.15, 0.2) is 0 Å². The van der Waals surface area contributed by atoms with Crippen molar-refractivity contribution >= 4 is 23.6 Å². The molecular weight excluding hydrogens is 374 g/mol. The second-order valence-electron chi connectivity index (χ2n) is 7.67. The molecule has 0 amide bonds. The van der Waals surface area contributed by atoms with Gasteiger partial charge >= 0.3 is 5.97 Å². The van der Waals surface area contributed by atoms with Crippen LogP contribution in [-0.2, 0) is 16.8 Å². The summed E-state index contributed by atoms with van der Waals surface area (Å²) in [5.41, 5.74) is 3.44. The molecule has 0 spiro atoms. The molecule has 0 unspecified atom stereocenters. The molecule has 2 rings (SSSR count). The molecule has 0 saturated carbocycles. The SMILES string of the molecule is CC(C)(C)c1ccc(COc2ccc(C=CCNCCC(=O)O)c(Cl)c2)cc1. The van der Waals surface area contributed by atoms with Crippen LogP contribution in [0.4, 0.5) is 0 Å². The molecule has 0 heterocycles. The standard InChI is InChI=1S/C23H28ClNO3/c1-23(2,3)19-9-6-17(7-10-19)16-28-20-11-8-18(21(24)15-20)5-4-13-25-14-12-22(26)27/h4-11,15,25H,12-14,16H2,1-3H3,(H,26,27). The van der Waals surface area contributed by atoms with Crippen molar-refractivity contribution in [3.8, 4) is 5.75 Å². The second-order valence-corrected chi connectivity index (χ2v) is 8.08. The highest BCUT2D eigenvalue weighted by atomic mass is 35.5. The zero-order valence-electron chi connectivity index (χ0n) is 16.7. The minimum Gasteiger partial charge on any atom is -0.489 e. The highest BCUT2D eigenvalue weighted by molar-refractivity contribution is 6.32. The van der Waals surface area contributed by atoms with E-state index < -0.39 is 5.97 Å². The van der Waals surface area contributed by atoms with Crippen molar-refractivity contribution < 1.29 is 14.6 Å². The van der Waals surface area contributed by atoms with Crippen LogP contribution in [-0.4, -0.2) is 24.2 Å². The maximum Gasteiger partial charge on any atom is 0.304 e. The zero-order valence-corrected chi connectivity index (χ0v) is 17.4. The smallest absolute Gasteiger partial charge is 0.304 e. The molecule has 28 heavy (non-hydrogen) atoms. The molecule has 2 N–H and O–H groups in total. The van der Waals surface area contributed by atoms with Crippen molar-refractivity contribution in [3.63, 3.8) is 0 Å². The summed E-state index contributed by atoms with van der Waals surface area (Å²) in [6, 6.07) is 14.1. The van der Waals surface area contributed by atoms with E-state index in [9.17, 15) is 4.79 Å². The highest BCUT2D eigenvalue weighted by Crippen LogP contribution is 2.25. The molecule has 0 aromatic heterocycles. The quantitative estimate of drug-likeness (QED) is 0.560. The number of nitrogens with one attached hydrogen (secondary N) is 1. The van der Waals surface area contributed by atoms with Gasteiger partial charge in [-0.15, -0.1) is 0 Å². The molecule has 0 aliphatic carbocycles. The van der Waals surface area contributed by atoms with Gasteiger partial charge < -0.3 is 15.2 Å². The average molecular weight is 402 g/mol. The van der Waals surface area contributed by atoms with Crippen LogP contribution < -0.4 is 10.1 Å². The summed E-state index contributed by atoms with van der Waals surface area (Å²) in [4.78, 5) is 10.4. The van der Waals surface area contributed by atoms with Crippen LogP contribution in [0.25, 0.3) is 6.08 Å². The summed E-state index contributed by atoms with van der Waals surface area (Å²) >= 11 is 6.33. The second kappa shape index (κ2) is 10.3. The Balaban J connectivity index is 1.85. The van der Waals surface area contributed by atoms with Gasteiger partial charge in [0.1, 0.15) is 12.4 Å². The van der Waals surface area contributed by atoms with Gasteiger partial charge in [-0.25, -0.2) is 0 Å². The lowest BCUT2D eigenvalue weighted by Crippen LogP contribution is -2.17. The first-order valence-corrected chi connectivity index (χ1v) is 9.74. The topological polar surface area (TPSA) is 58.6 Å². The fraction of sp³-hybridized carbons (Fsp3) is 0.348. The first-order chi connectivity index (χ1) is 13.3. The number of carbonyl (C=O) groups is 1. The number of carboxylic acid groups (broad SMARTS) is 1. The van der Waals surface area contributed by atoms with Gasteiger partial charge in [0.05, 0.1) is 11.4 Å². The van der Waals surface area contributed by atoms with E-state index >= 15 is 0 Å². The number of halogens is 1. The van der Waals surface area contributed by atoms with E-state index in [-0.39, 0.29) is 11.8 Å². The van der Waals surface area contributed by atoms with Crippen molar-refractivity contribution in [3.05, 3.63) is 70.3 Å². The molecule has 0 radical (unpaired) electrons.